The van der Waals surface area contributed by atoms with Gasteiger partial charge in [0.2, 0.25) is 5.88 Å². The maximum Gasteiger partial charge on any atom is 0.319 e. The van der Waals surface area contributed by atoms with Crippen LogP contribution in [-0.4, -0.2) is 87.5 Å². The summed E-state index contributed by atoms with van der Waals surface area (Å²) < 4.78 is 73.1. The molecule has 4 aromatic rings. The Bertz CT molecular complexity index is 2160. The Balaban J connectivity index is 1.24. The van der Waals surface area contributed by atoms with Gasteiger partial charge in [-0.1, -0.05) is 25.3 Å². The van der Waals surface area contributed by atoms with E-state index in [9.17, 15) is 19.0 Å². The topological polar surface area (TPSA) is 104 Å². The Labute approximate surface area is 305 Å². The third-order valence-corrected chi connectivity index (χ3v) is 12.3. The van der Waals surface area contributed by atoms with Crippen molar-refractivity contribution < 1.29 is 37.2 Å². The van der Waals surface area contributed by atoms with Crippen LogP contribution in [0.5, 0.6) is 17.6 Å². The Hall–Kier alpha value is -4.41. The predicted octanol–water partition coefficient (Wildman–Crippen LogP) is 7.08. The van der Waals surface area contributed by atoms with Crippen LogP contribution in [-0.2, 0) is 0 Å². The minimum absolute atomic E-state index is 0.0261. The maximum absolute atomic E-state index is 17.2. The van der Waals surface area contributed by atoms with Gasteiger partial charge < -0.3 is 24.6 Å². The lowest BCUT2D eigenvalue weighted by Gasteiger charge is -2.46. The maximum atomic E-state index is 17.2. The first-order valence-corrected chi connectivity index (χ1v) is 18.4. The number of likely N-dealkylation sites (tertiary alicyclic amines) is 1. The van der Waals surface area contributed by atoms with Crippen molar-refractivity contribution in [3.63, 3.8) is 0 Å². The number of rotatable bonds is 8. The first kappa shape index (κ1) is 35.6. The fourth-order valence-electron chi connectivity index (χ4n) is 9.41. The number of piperidine rings is 2. The normalized spacial score (nSPS) is 28.2. The van der Waals surface area contributed by atoms with Gasteiger partial charge in [-0.15, -0.1) is 6.42 Å². The van der Waals surface area contributed by atoms with Crippen molar-refractivity contribution in [2.24, 2.45) is 17.3 Å². The Morgan fingerprint density at radius 3 is 2.51 bits per heavy atom. The molecular formula is C40H43F4N5O4. The van der Waals surface area contributed by atoms with E-state index in [2.05, 4.69) is 20.8 Å². The molecule has 2 saturated heterocycles. The summed E-state index contributed by atoms with van der Waals surface area (Å²) in [6.07, 6.45) is 11.3. The summed E-state index contributed by atoms with van der Waals surface area (Å²) in [6.45, 7) is 5.36. The van der Waals surface area contributed by atoms with E-state index in [0.29, 0.717) is 31.3 Å². The number of benzene rings is 2. The quantitative estimate of drug-likeness (QED) is 0.145. The van der Waals surface area contributed by atoms with E-state index in [-0.39, 0.29) is 81.2 Å². The molecule has 0 spiro atoms. The summed E-state index contributed by atoms with van der Waals surface area (Å²) in [5.41, 5.74) is -1.89. The fourth-order valence-corrected chi connectivity index (χ4v) is 9.41. The number of aromatic nitrogens is 3. The Morgan fingerprint density at radius 2 is 1.79 bits per heavy atom. The average molecular weight is 734 g/mol. The van der Waals surface area contributed by atoms with Crippen molar-refractivity contribution in [1.29, 1.82) is 0 Å². The van der Waals surface area contributed by atoms with Crippen molar-refractivity contribution in [2.45, 2.75) is 76.4 Å². The molecule has 2 aromatic heterocycles. The first-order chi connectivity index (χ1) is 25.3. The number of alkyl halides is 2. The summed E-state index contributed by atoms with van der Waals surface area (Å²) in [6, 6.07) is 5.28. The largest absolute Gasteiger partial charge is 0.508 e. The minimum Gasteiger partial charge on any atom is -0.508 e. The second-order valence-corrected chi connectivity index (χ2v) is 15.7. The molecule has 4 heterocycles. The first-order valence-electron chi connectivity index (χ1n) is 18.4. The monoisotopic (exact) mass is 733 g/mol. The van der Waals surface area contributed by atoms with Crippen LogP contribution in [0.4, 0.5) is 23.4 Å². The van der Waals surface area contributed by atoms with Crippen molar-refractivity contribution in [2.75, 3.05) is 44.8 Å². The number of fused-ring (bicyclic) bond motifs is 3. The molecule has 2 N–H and O–H groups in total. The van der Waals surface area contributed by atoms with Crippen LogP contribution in [0.1, 0.15) is 64.4 Å². The molecule has 4 aliphatic rings. The number of aromatic hydroxyl groups is 1. The highest BCUT2D eigenvalue weighted by atomic mass is 19.3. The van der Waals surface area contributed by atoms with Gasteiger partial charge in [-0.05, 0) is 75.6 Å². The van der Waals surface area contributed by atoms with Gasteiger partial charge in [0.1, 0.15) is 34.0 Å². The second-order valence-electron chi connectivity index (χ2n) is 15.7. The molecule has 4 fully saturated rings. The van der Waals surface area contributed by atoms with Crippen LogP contribution in [0.25, 0.3) is 32.9 Å². The molecule has 5 atom stereocenters. The lowest BCUT2D eigenvalue weighted by Crippen LogP contribution is -2.52. The molecule has 53 heavy (non-hydrogen) atoms. The molecule has 2 saturated carbocycles. The van der Waals surface area contributed by atoms with Gasteiger partial charge in [0.15, 0.2) is 5.82 Å². The zero-order valence-corrected chi connectivity index (χ0v) is 30.1. The molecule has 9 nitrogen and oxygen atoms in total. The van der Waals surface area contributed by atoms with E-state index >= 15 is 8.78 Å². The summed E-state index contributed by atoms with van der Waals surface area (Å²) >= 11 is 0. The minimum atomic E-state index is -2.64. The lowest BCUT2D eigenvalue weighted by molar-refractivity contribution is -0.0102. The number of hydrogen-bond donors (Lipinski definition) is 2. The molecule has 8 rings (SSSR count). The number of hydrogen-bond acceptors (Lipinski definition) is 9. The third-order valence-electron chi connectivity index (χ3n) is 12.3. The van der Waals surface area contributed by atoms with E-state index in [1.807, 2.05) is 4.90 Å². The summed E-state index contributed by atoms with van der Waals surface area (Å²) in [5, 5.41) is 22.5. The van der Waals surface area contributed by atoms with Crippen molar-refractivity contribution in [3.05, 3.63) is 41.5 Å². The number of phenolic OH excluding ortho intramolecular Hbond substituents is 1. The number of phenols is 1. The Kier molecular flexibility index (Phi) is 8.65. The molecule has 0 bridgehead atoms. The molecule has 0 unspecified atom stereocenters. The zero-order valence-electron chi connectivity index (χ0n) is 30.1. The summed E-state index contributed by atoms with van der Waals surface area (Å²) in [7, 11) is 1.38. The fraction of sp³-hybridized carbons (Fsp3) is 0.525. The average Bonchev–Trinajstić information content (AvgIpc) is 3.39. The molecule has 0 amide bonds. The Morgan fingerprint density at radius 1 is 1.04 bits per heavy atom. The lowest BCUT2D eigenvalue weighted by atomic mass is 9.75. The van der Waals surface area contributed by atoms with Gasteiger partial charge in [-0.25, -0.2) is 22.5 Å². The second kappa shape index (κ2) is 12.9. The van der Waals surface area contributed by atoms with Gasteiger partial charge in [0, 0.05) is 53.9 Å². The number of nitrogens with zero attached hydrogens (tertiary/aromatic N) is 5. The number of β-amino-alcohol motifs (C(OH)–C–C–N with tert-alkyl or cyclic N) is 1. The molecule has 2 aliphatic heterocycles. The van der Waals surface area contributed by atoms with E-state index in [0.717, 1.165) is 38.6 Å². The zero-order chi connectivity index (χ0) is 37.4. The number of aliphatic hydroxyl groups is 1. The van der Waals surface area contributed by atoms with E-state index in [4.69, 9.17) is 20.9 Å². The van der Waals surface area contributed by atoms with Gasteiger partial charge in [-0.2, -0.15) is 9.97 Å². The summed E-state index contributed by atoms with van der Waals surface area (Å²) in [4.78, 5) is 18.0. The van der Waals surface area contributed by atoms with Crippen LogP contribution in [0, 0.1) is 41.2 Å². The van der Waals surface area contributed by atoms with Gasteiger partial charge in [0.25, 0.3) is 5.92 Å². The van der Waals surface area contributed by atoms with Crippen LogP contribution in [0.3, 0.4) is 0 Å². The number of methoxy groups -OCH3 is 1. The van der Waals surface area contributed by atoms with Crippen LogP contribution < -0.4 is 14.4 Å². The molecule has 2 aromatic carbocycles. The number of ether oxygens (including phenoxy) is 2. The van der Waals surface area contributed by atoms with Crippen LogP contribution >= 0.6 is 0 Å². The summed E-state index contributed by atoms with van der Waals surface area (Å²) in [5.74, 6) is -3.10. The number of pyridine rings is 1. The molecular weight excluding hydrogens is 690 g/mol. The highest BCUT2D eigenvalue weighted by Gasteiger charge is 2.66. The number of halogens is 4. The molecule has 2 aliphatic carbocycles. The molecule has 280 valence electrons. The number of terminal acetylenes is 1. The van der Waals surface area contributed by atoms with Crippen LogP contribution in [0.2, 0.25) is 0 Å². The smallest absolute Gasteiger partial charge is 0.319 e. The van der Waals surface area contributed by atoms with Gasteiger partial charge in [-0.3, -0.25) is 4.90 Å². The third kappa shape index (κ3) is 5.98. The van der Waals surface area contributed by atoms with Crippen molar-refractivity contribution in [1.82, 2.24) is 19.9 Å². The van der Waals surface area contributed by atoms with Crippen molar-refractivity contribution >= 4 is 27.5 Å². The van der Waals surface area contributed by atoms with Crippen molar-refractivity contribution in [3.8, 4) is 41.2 Å². The van der Waals surface area contributed by atoms with Gasteiger partial charge >= 0.3 is 6.01 Å². The molecule has 13 heteroatoms. The van der Waals surface area contributed by atoms with E-state index in [1.165, 1.54) is 31.4 Å². The van der Waals surface area contributed by atoms with E-state index in [1.54, 1.807) is 13.8 Å². The van der Waals surface area contributed by atoms with Crippen LogP contribution in [0.15, 0.2) is 24.3 Å². The van der Waals surface area contributed by atoms with Gasteiger partial charge in [0.05, 0.1) is 24.9 Å². The molecule has 0 radical (unpaired) electrons. The SMILES string of the molecule is C#Cc1c(F)ccc2cc(O)cc(-c3nc(OC)c4c(N5CCC[C@@](C)(O)C5)nc(OC[C@]56CCC[C@H]5N(C[C@H]5[C@H](C)C5(F)F)CCC6)nc4c3F)c12. The van der Waals surface area contributed by atoms with E-state index < -0.39 is 35.0 Å². The number of anilines is 1. The highest BCUT2D eigenvalue weighted by molar-refractivity contribution is 6.04. The standard InChI is InChI=1S/C40H43F4N5O4/c1-5-25-28(41)11-10-23-17-24(50)18-26(30(23)25)33-32(42)34-31(36(45-33)52-4)35(49-16-7-12-38(3,51)20-49)47-37(46-34)53-21-39-13-6-9-29(39)48(15-8-14-39)19-27-22(2)40(27,43)44/h1,10-11,17-18,22,27,29,50-51H,6-9,12-16,19-21H2,2-4H3/t22-,27-,29+,38+,39+/m0/s1. The predicted molar refractivity (Wildman–Crippen MR) is 192 cm³/mol. The highest BCUT2D eigenvalue weighted by Crippen LogP contribution is 2.57.